The SMILES string of the molecule is O=C(Nc1cc(O)cc(O)c1)Nc1ccc(Cl)cc1Cl. The first kappa shape index (κ1) is 14.3. The quantitative estimate of drug-likeness (QED) is 0.675. The van der Waals surface area contributed by atoms with Crippen LogP contribution in [0.3, 0.4) is 0 Å². The maximum atomic E-state index is 11.8. The van der Waals surface area contributed by atoms with E-state index in [1.807, 2.05) is 0 Å². The molecule has 0 spiro atoms. The number of carbonyl (C=O) groups is 1. The number of nitrogens with one attached hydrogen (secondary N) is 2. The number of hydrogen-bond donors (Lipinski definition) is 4. The molecule has 0 fully saturated rings. The van der Waals surface area contributed by atoms with Gasteiger partial charge in [-0.2, -0.15) is 0 Å². The number of urea groups is 1. The Kier molecular flexibility index (Phi) is 4.22. The topological polar surface area (TPSA) is 81.6 Å². The molecule has 5 nitrogen and oxygen atoms in total. The molecule has 0 saturated carbocycles. The van der Waals surface area contributed by atoms with Gasteiger partial charge in [-0.15, -0.1) is 0 Å². The number of halogens is 2. The lowest BCUT2D eigenvalue weighted by atomic mass is 10.3. The Hall–Kier alpha value is -2.11. The minimum atomic E-state index is -0.570. The van der Waals surface area contributed by atoms with Gasteiger partial charge in [-0.05, 0) is 18.2 Å². The number of carbonyl (C=O) groups excluding carboxylic acids is 1. The van der Waals surface area contributed by atoms with Gasteiger partial charge in [0, 0.05) is 28.9 Å². The van der Waals surface area contributed by atoms with Crippen LogP contribution in [-0.4, -0.2) is 16.2 Å². The zero-order valence-corrected chi connectivity index (χ0v) is 11.5. The fraction of sp³-hybridized carbons (Fsp3) is 0. The molecule has 0 unspecified atom stereocenters. The van der Waals surface area contributed by atoms with E-state index in [9.17, 15) is 15.0 Å². The molecule has 0 saturated heterocycles. The monoisotopic (exact) mass is 312 g/mol. The molecule has 0 aliphatic heterocycles. The van der Waals surface area contributed by atoms with Gasteiger partial charge in [-0.25, -0.2) is 4.79 Å². The number of aromatic hydroxyl groups is 2. The summed E-state index contributed by atoms with van der Waals surface area (Å²) in [6, 6.07) is 7.82. The molecule has 20 heavy (non-hydrogen) atoms. The number of rotatable bonds is 2. The average molecular weight is 313 g/mol. The van der Waals surface area contributed by atoms with E-state index in [1.54, 1.807) is 12.1 Å². The highest BCUT2D eigenvalue weighted by Gasteiger charge is 2.07. The van der Waals surface area contributed by atoms with Crippen LogP contribution in [0.25, 0.3) is 0 Å². The zero-order valence-electron chi connectivity index (χ0n) is 10.0. The average Bonchev–Trinajstić information content (AvgIpc) is 2.31. The second kappa shape index (κ2) is 5.90. The van der Waals surface area contributed by atoms with Gasteiger partial charge >= 0.3 is 6.03 Å². The molecule has 4 N–H and O–H groups in total. The van der Waals surface area contributed by atoms with Crippen molar-refractivity contribution in [1.29, 1.82) is 0 Å². The lowest BCUT2D eigenvalue weighted by molar-refractivity contribution is 0.262. The Morgan fingerprint density at radius 1 is 0.950 bits per heavy atom. The van der Waals surface area contributed by atoms with Crippen LogP contribution in [0.2, 0.25) is 10.0 Å². The second-order valence-corrected chi connectivity index (χ2v) is 4.79. The molecule has 7 heteroatoms. The van der Waals surface area contributed by atoms with E-state index in [4.69, 9.17) is 23.2 Å². The van der Waals surface area contributed by atoms with Gasteiger partial charge in [-0.1, -0.05) is 23.2 Å². The Morgan fingerprint density at radius 2 is 1.60 bits per heavy atom. The molecule has 2 rings (SSSR count). The van der Waals surface area contributed by atoms with Gasteiger partial charge in [0.05, 0.1) is 10.7 Å². The van der Waals surface area contributed by atoms with E-state index in [-0.39, 0.29) is 17.2 Å². The summed E-state index contributed by atoms with van der Waals surface area (Å²) in [5.41, 5.74) is 0.628. The molecule has 0 bridgehead atoms. The molecule has 2 aromatic carbocycles. The first-order chi connectivity index (χ1) is 9.44. The molecular weight excluding hydrogens is 303 g/mol. The van der Waals surface area contributed by atoms with Crippen molar-refractivity contribution in [1.82, 2.24) is 0 Å². The summed E-state index contributed by atoms with van der Waals surface area (Å²) in [7, 11) is 0. The van der Waals surface area contributed by atoms with Crippen molar-refractivity contribution in [2.24, 2.45) is 0 Å². The minimum Gasteiger partial charge on any atom is -0.508 e. The third-order valence-electron chi connectivity index (χ3n) is 2.34. The molecule has 0 atom stereocenters. The summed E-state index contributed by atoms with van der Waals surface area (Å²) >= 11 is 11.7. The molecule has 0 aromatic heterocycles. The van der Waals surface area contributed by atoms with E-state index in [0.717, 1.165) is 6.07 Å². The number of anilines is 2. The predicted molar refractivity (Wildman–Crippen MR) is 78.9 cm³/mol. The summed E-state index contributed by atoms with van der Waals surface area (Å²) in [5, 5.41) is 24.3. The molecule has 104 valence electrons. The third kappa shape index (κ3) is 3.69. The van der Waals surface area contributed by atoms with E-state index >= 15 is 0 Å². The van der Waals surface area contributed by atoms with Gasteiger partial charge in [0.2, 0.25) is 0 Å². The first-order valence-electron chi connectivity index (χ1n) is 5.50. The van der Waals surface area contributed by atoms with Crippen LogP contribution in [0, 0.1) is 0 Å². The summed E-state index contributed by atoms with van der Waals surface area (Å²) in [5.74, 6) is -0.324. The van der Waals surface area contributed by atoms with Crippen molar-refractivity contribution in [3.63, 3.8) is 0 Å². The van der Waals surface area contributed by atoms with Crippen molar-refractivity contribution >= 4 is 40.6 Å². The van der Waals surface area contributed by atoms with Crippen LogP contribution in [-0.2, 0) is 0 Å². The smallest absolute Gasteiger partial charge is 0.323 e. The van der Waals surface area contributed by atoms with Crippen LogP contribution in [0.4, 0.5) is 16.2 Å². The summed E-state index contributed by atoms with van der Waals surface area (Å²) in [6.45, 7) is 0. The molecule has 2 amide bonds. The first-order valence-corrected chi connectivity index (χ1v) is 6.26. The Morgan fingerprint density at radius 3 is 2.20 bits per heavy atom. The van der Waals surface area contributed by atoms with Crippen molar-refractivity contribution < 1.29 is 15.0 Å². The number of phenolic OH excluding ortho intramolecular Hbond substituents is 2. The van der Waals surface area contributed by atoms with E-state index < -0.39 is 6.03 Å². The highest BCUT2D eigenvalue weighted by Crippen LogP contribution is 2.26. The van der Waals surface area contributed by atoms with Crippen LogP contribution in [0.5, 0.6) is 11.5 Å². The lowest BCUT2D eigenvalue weighted by Gasteiger charge is -2.09. The predicted octanol–water partition coefficient (Wildman–Crippen LogP) is 4.05. The van der Waals surface area contributed by atoms with Crippen molar-refractivity contribution in [2.75, 3.05) is 10.6 Å². The minimum absolute atomic E-state index is 0.162. The number of hydrogen-bond acceptors (Lipinski definition) is 3. The van der Waals surface area contributed by atoms with E-state index in [2.05, 4.69) is 10.6 Å². The number of amides is 2. The summed E-state index contributed by atoms with van der Waals surface area (Å²) in [6.07, 6.45) is 0. The second-order valence-electron chi connectivity index (χ2n) is 3.94. The summed E-state index contributed by atoms with van der Waals surface area (Å²) < 4.78 is 0. The standard InChI is InChI=1S/C13H10Cl2N2O3/c14-7-1-2-12(11(15)3-7)17-13(20)16-8-4-9(18)6-10(19)5-8/h1-6,18-19H,(H2,16,17,20). The molecule has 0 aliphatic rings. The summed E-state index contributed by atoms with van der Waals surface area (Å²) in [4.78, 5) is 11.8. The third-order valence-corrected chi connectivity index (χ3v) is 2.89. The number of benzene rings is 2. The molecule has 0 aliphatic carbocycles. The van der Waals surface area contributed by atoms with Crippen LogP contribution >= 0.6 is 23.2 Å². The van der Waals surface area contributed by atoms with Gasteiger partial charge in [0.1, 0.15) is 11.5 Å². The maximum absolute atomic E-state index is 11.8. The Bertz CT molecular complexity index is 642. The van der Waals surface area contributed by atoms with Crippen molar-refractivity contribution in [3.8, 4) is 11.5 Å². The zero-order chi connectivity index (χ0) is 14.7. The van der Waals surface area contributed by atoms with Crippen LogP contribution in [0.1, 0.15) is 0 Å². The fourth-order valence-electron chi connectivity index (χ4n) is 1.54. The highest BCUT2D eigenvalue weighted by molar-refractivity contribution is 6.36. The van der Waals surface area contributed by atoms with Crippen LogP contribution < -0.4 is 10.6 Å². The van der Waals surface area contributed by atoms with Crippen molar-refractivity contribution in [2.45, 2.75) is 0 Å². The molecule has 2 aromatic rings. The molecular formula is C13H10Cl2N2O3. The van der Waals surface area contributed by atoms with Gasteiger partial charge in [0.25, 0.3) is 0 Å². The largest absolute Gasteiger partial charge is 0.508 e. The molecule has 0 radical (unpaired) electrons. The Labute approximate surface area is 124 Å². The molecule has 0 heterocycles. The maximum Gasteiger partial charge on any atom is 0.323 e. The van der Waals surface area contributed by atoms with Gasteiger partial charge in [0.15, 0.2) is 0 Å². The number of phenols is 2. The van der Waals surface area contributed by atoms with Crippen molar-refractivity contribution in [3.05, 3.63) is 46.4 Å². The van der Waals surface area contributed by atoms with Gasteiger partial charge in [-0.3, -0.25) is 0 Å². The normalized spacial score (nSPS) is 10.1. The van der Waals surface area contributed by atoms with E-state index in [1.165, 1.54) is 18.2 Å². The lowest BCUT2D eigenvalue weighted by Crippen LogP contribution is -2.19. The fourth-order valence-corrected chi connectivity index (χ4v) is 2.00. The Balaban J connectivity index is 2.09. The van der Waals surface area contributed by atoms with Crippen LogP contribution in [0.15, 0.2) is 36.4 Å². The van der Waals surface area contributed by atoms with E-state index in [0.29, 0.717) is 15.7 Å². The van der Waals surface area contributed by atoms with Gasteiger partial charge < -0.3 is 20.8 Å². The highest BCUT2D eigenvalue weighted by atomic mass is 35.5.